The Balaban J connectivity index is 1.99. The van der Waals surface area contributed by atoms with Crippen molar-refractivity contribution in [3.8, 4) is 0 Å². The van der Waals surface area contributed by atoms with E-state index in [4.69, 9.17) is 4.84 Å². The van der Waals surface area contributed by atoms with Gasteiger partial charge in [-0.05, 0) is 44.4 Å². The summed E-state index contributed by atoms with van der Waals surface area (Å²) in [6.07, 6.45) is 23.7. The number of carbonyl (C=O) groups is 4. The van der Waals surface area contributed by atoms with Crippen molar-refractivity contribution in [3.05, 3.63) is 0 Å². The lowest BCUT2D eigenvalue weighted by atomic mass is 9.93. The first-order chi connectivity index (χ1) is 20.9. The van der Waals surface area contributed by atoms with Gasteiger partial charge in [-0.1, -0.05) is 89.1 Å². The smallest absolute Gasteiger partial charge is 0.242 e. The summed E-state index contributed by atoms with van der Waals surface area (Å²) < 4.78 is 0. The van der Waals surface area contributed by atoms with Crippen LogP contribution in [0.15, 0.2) is 5.16 Å². The second-order valence-corrected chi connectivity index (χ2v) is 12.2. The van der Waals surface area contributed by atoms with Crippen molar-refractivity contribution in [3.63, 3.8) is 0 Å². The Morgan fingerprint density at radius 2 is 1.44 bits per heavy atom. The van der Waals surface area contributed by atoms with Crippen molar-refractivity contribution in [2.75, 3.05) is 26.7 Å². The zero-order chi connectivity index (χ0) is 31.5. The molecule has 1 heterocycles. The van der Waals surface area contributed by atoms with Crippen LogP contribution in [0.4, 0.5) is 0 Å². The van der Waals surface area contributed by atoms with Crippen LogP contribution in [0, 0.1) is 5.92 Å². The van der Waals surface area contributed by atoms with Gasteiger partial charge in [-0.2, -0.15) is 0 Å². The highest BCUT2D eigenvalue weighted by Crippen LogP contribution is 2.22. The Morgan fingerprint density at radius 1 is 0.860 bits per heavy atom. The Hall–Kier alpha value is -2.45. The number of likely N-dealkylation sites (N-methyl/N-ethyl adjacent to an activating group) is 1. The molecule has 0 saturated carbocycles. The molecule has 9 heteroatoms. The highest BCUT2D eigenvalue weighted by molar-refractivity contribution is 5.87. The third kappa shape index (κ3) is 21.0. The van der Waals surface area contributed by atoms with E-state index in [-0.39, 0.29) is 30.4 Å². The van der Waals surface area contributed by atoms with Gasteiger partial charge in [0.2, 0.25) is 17.7 Å². The molecule has 0 aromatic heterocycles. The number of hydrogen-bond donors (Lipinski definition) is 2. The van der Waals surface area contributed by atoms with Crippen LogP contribution in [0.3, 0.4) is 0 Å². The molecule has 1 atom stereocenters. The maximum absolute atomic E-state index is 12.6. The summed E-state index contributed by atoms with van der Waals surface area (Å²) in [7, 11) is 1.50. The van der Waals surface area contributed by atoms with Gasteiger partial charge in [-0.15, -0.1) is 0 Å². The van der Waals surface area contributed by atoms with Crippen molar-refractivity contribution >= 4 is 29.7 Å². The molecule has 9 nitrogen and oxygen atoms in total. The third-order valence-corrected chi connectivity index (χ3v) is 8.43. The minimum Gasteiger partial charge on any atom is -0.396 e. The fourth-order valence-corrected chi connectivity index (χ4v) is 5.64. The number of carbonyl (C=O) groups excluding carboxylic acids is 4. The molecule has 1 fully saturated rings. The number of piperidine rings is 1. The summed E-state index contributed by atoms with van der Waals surface area (Å²) in [6, 6.07) is -0.697. The number of rotatable bonds is 26. The van der Waals surface area contributed by atoms with E-state index in [1.807, 2.05) is 4.90 Å². The van der Waals surface area contributed by atoms with Crippen molar-refractivity contribution in [2.45, 2.75) is 155 Å². The summed E-state index contributed by atoms with van der Waals surface area (Å²) in [6.45, 7) is 5.84. The van der Waals surface area contributed by atoms with E-state index in [0.717, 1.165) is 38.8 Å². The molecule has 1 saturated heterocycles. The first-order valence-electron chi connectivity index (χ1n) is 17.3. The van der Waals surface area contributed by atoms with Crippen molar-refractivity contribution in [2.24, 2.45) is 11.1 Å². The normalized spacial score (nSPS) is 14.5. The molecule has 0 aromatic rings. The predicted octanol–water partition coefficient (Wildman–Crippen LogP) is 6.48. The van der Waals surface area contributed by atoms with Crippen LogP contribution >= 0.6 is 0 Å². The largest absolute Gasteiger partial charge is 0.396 e. The summed E-state index contributed by atoms with van der Waals surface area (Å²) in [5, 5.41) is 9.04. The van der Waals surface area contributed by atoms with Crippen LogP contribution in [0.5, 0.6) is 0 Å². The van der Waals surface area contributed by atoms with Gasteiger partial charge in [0.25, 0.3) is 0 Å². The SMILES string of the molecule is CCCCCCCCCCCCCCCC(=O)N1CCC(CCO/N=C/CCC(=O)CC[C@H](NC(C)=O)C(=O)NC)CC1. The molecule has 1 rings (SSSR count). The van der Waals surface area contributed by atoms with Crippen LogP contribution in [-0.4, -0.2) is 67.4 Å². The number of oxime groups is 1. The predicted molar refractivity (Wildman–Crippen MR) is 174 cm³/mol. The number of ketones is 1. The van der Waals surface area contributed by atoms with E-state index >= 15 is 0 Å². The Labute approximate surface area is 261 Å². The Morgan fingerprint density at radius 3 is 2.00 bits per heavy atom. The molecule has 43 heavy (non-hydrogen) atoms. The van der Waals surface area contributed by atoms with Crippen LogP contribution in [-0.2, 0) is 24.0 Å². The molecule has 0 aliphatic carbocycles. The van der Waals surface area contributed by atoms with Gasteiger partial charge in [0.05, 0.1) is 0 Å². The molecular formula is C34H62N4O5. The molecule has 1 aliphatic rings. The Kier molecular flexibility index (Phi) is 23.3. The molecular weight excluding hydrogens is 544 g/mol. The average Bonchev–Trinajstić information content (AvgIpc) is 3.00. The molecule has 1 aliphatic heterocycles. The first-order valence-corrected chi connectivity index (χ1v) is 17.3. The van der Waals surface area contributed by atoms with E-state index in [1.54, 1.807) is 6.21 Å². The zero-order valence-electron chi connectivity index (χ0n) is 27.6. The number of nitrogens with zero attached hydrogens (tertiary/aromatic N) is 2. The van der Waals surface area contributed by atoms with Gasteiger partial charge in [0.1, 0.15) is 18.4 Å². The molecule has 2 N–H and O–H groups in total. The molecule has 3 amide bonds. The summed E-state index contributed by atoms with van der Waals surface area (Å²) in [5.74, 6) is 0.274. The lowest BCUT2D eigenvalue weighted by Crippen LogP contribution is -2.45. The van der Waals surface area contributed by atoms with E-state index in [0.29, 0.717) is 37.7 Å². The van der Waals surface area contributed by atoms with Gasteiger partial charge in [0.15, 0.2) is 0 Å². The third-order valence-electron chi connectivity index (χ3n) is 8.43. The lowest BCUT2D eigenvalue weighted by Gasteiger charge is -2.32. The minimum atomic E-state index is -0.697. The number of Topliss-reactive ketones (excluding diaryl/α,β-unsaturated/α-hetero) is 1. The van der Waals surface area contributed by atoms with Crippen molar-refractivity contribution in [1.82, 2.24) is 15.5 Å². The average molecular weight is 607 g/mol. The topological polar surface area (TPSA) is 117 Å². The number of unbranched alkanes of at least 4 members (excludes halogenated alkanes) is 12. The molecule has 0 aromatic carbocycles. The highest BCUT2D eigenvalue weighted by atomic mass is 16.6. The maximum Gasteiger partial charge on any atom is 0.242 e. The van der Waals surface area contributed by atoms with Gasteiger partial charge in [-0.25, -0.2) is 0 Å². The molecule has 0 radical (unpaired) electrons. The van der Waals surface area contributed by atoms with Gasteiger partial charge >= 0.3 is 0 Å². The highest BCUT2D eigenvalue weighted by Gasteiger charge is 2.22. The van der Waals surface area contributed by atoms with Gasteiger partial charge in [0, 0.05) is 52.5 Å². The molecule has 0 bridgehead atoms. The van der Waals surface area contributed by atoms with Crippen molar-refractivity contribution in [1.29, 1.82) is 0 Å². The van der Waals surface area contributed by atoms with Gasteiger partial charge < -0.3 is 20.4 Å². The molecule has 248 valence electrons. The van der Waals surface area contributed by atoms with Crippen LogP contribution in [0.25, 0.3) is 0 Å². The number of hydrogen-bond acceptors (Lipinski definition) is 6. The minimum absolute atomic E-state index is 0.0149. The monoisotopic (exact) mass is 606 g/mol. The standard InChI is InChI=1S/C34H62N4O5/c1-4-5-6-7-8-9-10-11-12-13-14-15-16-19-33(41)38-26-22-30(23-27-38)24-28-43-36-25-17-18-31(40)20-21-32(34(42)35-3)37-29(2)39/h25,30,32H,4-24,26-28H2,1-3H3,(H,35,42)(H,37,39)/b36-25+/t32-/m0/s1. The second-order valence-electron chi connectivity index (χ2n) is 12.2. The lowest BCUT2D eigenvalue weighted by molar-refractivity contribution is -0.132. The van der Waals surface area contributed by atoms with Crippen LogP contribution in [0.1, 0.15) is 149 Å². The maximum atomic E-state index is 12.6. The van der Waals surface area contributed by atoms with Crippen LogP contribution in [0.2, 0.25) is 0 Å². The quantitative estimate of drug-likeness (QED) is 0.0664. The fraction of sp³-hybridized carbons (Fsp3) is 0.853. The number of amides is 3. The Bertz CT molecular complexity index is 796. The number of likely N-dealkylation sites (tertiary alicyclic amines) is 1. The van der Waals surface area contributed by atoms with E-state index in [2.05, 4.69) is 22.7 Å². The molecule has 0 unspecified atom stereocenters. The van der Waals surface area contributed by atoms with Gasteiger partial charge in [-0.3, -0.25) is 19.2 Å². The zero-order valence-corrected chi connectivity index (χ0v) is 27.6. The summed E-state index contributed by atoms with van der Waals surface area (Å²) in [5.41, 5.74) is 0. The molecule has 0 spiro atoms. The first kappa shape index (κ1) is 38.6. The number of nitrogens with one attached hydrogen (secondary N) is 2. The van der Waals surface area contributed by atoms with Crippen LogP contribution < -0.4 is 10.6 Å². The summed E-state index contributed by atoms with van der Waals surface area (Å²) in [4.78, 5) is 55.2. The van der Waals surface area contributed by atoms with E-state index < -0.39 is 6.04 Å². The van der Waals surface area contributed by atoms with Crippen molar-refractivity contribution < 1.29 is 24.0 Å². The van der Waals surface area contributed by atoms with E-state index in [1.165, 1.54) is 91.0 Å². The second kappa shape index (κ2) is 26.0. The summed E-state index contributed by atoms with van der Waals surface area (Å²) >= 11 is 0. The van der Waals surface area contributed by atoms with E-state index in [9.17, 15) is 19.2 Å². The fourth-order valence-electron chi connectivity index (χ4n) is 5.64.